The van der Waals surface area contributed by atoms with E-state index >= 15 is 0 Å². The Kier molecular flexibility index (Phi) is 5.78. The Morgan fingerprint density at radius 2 is 1.83 bits per heavy atom. The fraction of sp³-hybridized carbons (Fsp3) is 0.312. The van der Waals surface area contributed by atoms with Crippen molar-refractivity contribution in [3.8, 4) is 5.75 Å². The highest BCUT2D eigenvalue weighted by atomic mass is 16.5. The van der Waals surface area contributed by atoms with Gasteiger partial charge in [-0.05, 0) is 31.2 Å². The smallest absolute Gasteiger partial charge is 0.338 e. The lowest BCUT2D eigenvalue weighted by atomic mass is 10.1. The molecule has 0 atom stereocenters. The molecule has 2 N–H and O–H groups in total. The summed E-state index contributed by atoms with van der Waals surface area (Å²) >= 11 is 0. The van der Waals surface area contributed by atoms with Crippen molar-refractivity contribution in [1.82, 2.24) is 10.6 Å². The van der Waals surface area contributed by atoms with Crippen LogP contribution in [0.15, 0.2) is 35.5 Å². The molecule has 0 bridgehead atoms. The van der Waals surface area contributed by atoms with E-state index in [-0.39, 0.29) is 31.0 Å². The molecule has 128 valence electrons. The standard InChI is InChI=1S/C16H18N2O6/c1-3-23-15(20)12-8-17-16(21)18-13(12)9-24-14(19)10-4-6-11(22-2)7-5-10/h4-7H,3,8-9H2,1-2H3,(H2,17,18,21). The van der Waals surface area contributed by atoms with E-state index in [1.54, 1.807) is 31.2 Å². The van der Waals surface area contributed by atoms with Crippen molar-refractivity contribution < 1.29 is 28.6 Å². The first-order valence-corrected chi connectivity index (χ1v) is 7.30. The Bertz CT molecular complexity index is 666. The first kappa shape index (κ1) is 17.3. The monoisotopic (exact) mass is 334 g/mol. The van der Waals surface area contributed by atoms with Crippen molar-refractivity contribution >= 4 is 18.0 Å². The maximum absolute atomic E-state index is 12.0. The summed E-state index contributed by atoms with van der Waals surface area (Å²) in [5.74, 6) is -0.536. The summed E-state index contributed by atoms with van der Waals surface area (Å²) < 4.78 is 15.1. The van der Waals surface area contributed by atoms with E-state index in [2.05, 4.69) is 10.6 Å². The van der Waals surface area contributed by atoms with Gasteiger partial charge >= 0.3 is 18.0 Å². The number of benzene rings is 1. The number of hydrogen-bond donors (Lipinski definition) is 2. The molecule has 0 aromatic heterocycles. The van der Waals surface area contributed by atoms with Gasteiger partial charge in [0.15, 0.2) is 0 Å². The Labute approximate surface area is 138 Å². The van der Waals surface area contributed by atoms with E-state index in [0.717, 1.165) is 0 Å². The van der Waals surface area contributed by atoms with E-state index in [0.29, 0.717) is 11.3 Å². The van der Waals surface area contributed by atoms with Gasteiger partial charge in [-0.3, -0.25) is 0 Å². The van der Waals surface area contributed by atoms with Gasteiger partial charge in [0.25, 0.3) is 0 Å². The van der Waals surface area contributed by atoms with Crippen molar-refractivity contribution in [1.29, 1.82) is 0 Å². The number of methoxy groups -OCH3 is 1. The number of ether oxygens (including phenoxy) is 3. The molecule has 24 heavy (non-hydrogen) atoms. The summed E-state index contributed by atoms with van der Waals surface area (Å²) in [5, 5.41) is 4.93. The van der Waals surface area contributed by atoms with Crippen molar-refractivity contribution in [2.75, 3.05) is 26.9 Å². The summed E-state index contributed by atoms with van der Waals surface area (Å²) in [7, 11) is 1.52. The van der Waals surface area contributed by atoms with Crippen molar-refractivity contribution in [2.45, 2.75) is 6.92 Å². The minimum absolute atomic E-state index is 0.0140. The third kappa shape index (κ3) is 4.25. The highest BCUT2D eigenvalue weighted by Gasteiger charge is 2.24. The van der Waals surface area contributed by atoms with Crippen LogP contribution in [0.1, 0.15) is 17.3 Å². The molecule has 1 aliphatic heterocycles. The molecule has 0 saturated carbocycles. The van der Waals surface area contributed by atoms with Gasteiger partial charge < -0.3 is 24.8 Å². The highest BCUT2D eigenvalue weighted by molar-refractivity contribution is 5.94. The molecule has 0 saturated heterocycles. The molecule has 8 nitrogen and oxygen atoms in total. The largest absolute Gasteiger partial charge is 0.497 e. The molecule has 0 spiro atoms. The molecule has 2 rings (SSSR count). The summed E-state index contributed by atoms with van der Waals surface area (Å²) in [6.45, 7) is 1.65. The Morgan fingerprint density at radius 3 is 2.46 bits per heavy atom. The van der Waals surface area contributed by atoms with Gasteiger partial charge in [-0.1, -0.05) is 0 Å². The number of carbonyl (C=O) groups excluding carboxylic acids is 3. The topological polar surface area (TPSA) is 103 Å². The molecular formula is C16H18N2O6. The number of urea groups is 1. The minimum atomic E-state index is -0.582. The average Bonchev–Trinajstić information content (AvgIpc) is 2.60. The summed E-state index contributed by atoms with van der Waals surface area (Å²) in [4.78, 5) is 35.3. The van der Waals surface area contributed by atoms with Crippen molar-refractivity contribution in [3.05, 3.63) is 41.1 Å². The highest BCUT2D eigenvalue weighted by Crippen LogP contribution is 2.13. The maximum atomic E-state index is 12.0. The van der Waals surface area contributed by atoms with Crippen LogP contribution in [0.3, 0.4) is 0 Å². The number of nitrogens with one attached hydrogen (secondary N) is 2. The Hall–Kier alpha value is -3.03. The zero-order valence-corrected chi connectivity index (χ0v) is 13.4. The van der Waals surface area contributed by atoms with Gasteiger partial charge in [0.1, 0.15) is 12.4 Å². The number of hydrogen-bond acceptors (Lipinski definition) is 6. The first-order valence-electron chi connectivity index (χ1n) is 7.30. The molecule has 1 heterocycles. The number of rotatable bonds is 6. The molecule has 1 aliphatic rings. The zero-order chi connectivity index (χ0) is 17.5. The summed E-state index contributed by atoms with van der Waals surface area (Å²) in [6, 6.07) is 5.91. The fourth-order valence-electron chi connectivity index (χ4n) is 2.02. The lowest BCUT2D eigenvalue weighted by molar-refractivity contribution is -0.138. The molecule has 0 fully saturated rings. The van der Waals surface area contributed by atoms with E-state index in [9.17, 15) is 14.4 Å². The van der Waals surface area contributed by atoms with E-state index in [1.165, 1.54) is 7.11 Å². The molecule has 0 unspecified atom stereocenters. The fourth-order valence-corrected chi connectivity index (χ4v) is 2.02. The van der Waals surface area contributed by atoms with Gasteiger partial charge in [0.2, 0.25) is 0 Å². The number of esters is 2. The van der Waals surface area contributed by atoms with Crippen LogP contribution in [0.25, 0.3) is 0 Å². The predicted molar refractivity (Wildman–Crippen MR) is 83.5 cm³/mol. The SMILES string of the molecule is CCOC(=O)C1=C(COC(=O)c2ccc(OC)cc2)NC(=O)NC1. The van der Waals surface area contributed by atoms with Crippen molar-refractivity contribution in [3.63, 3.8) is 0 Å². The first-order chi connectivity index (χ1) is 11.5. The second-order valence-corrected chi connectivity index (χ2v) is 4.79. The van der Waals surface area contributed by atoms with Gasteiger partial charge in [0, 0.05) is 0 Å². The third-order valence-corrected chi connectivity index (χ3v) is 3.25. The number of carbonyl (C=O) groups is 3. The molecule has 1 aromatic rings. The lowest BCUT2D eigenvalue weighted by Crippen LogP contribution is -2.45. The number of amides is 2. The van der Waals surface area contributed by atoms with Crippen LogP contribution in [0.4, 0.5) is 4.79 Å². The minimum Gasteiger partial charge on any atom is -0.497 e. The van der Waals surface area contributed by atoms with Gasteiger partial charge in [-0.25, -0.2) is 14.4 Å². The van der Waals surface area contributed by atoms with E-state index < -0.39 is 18.0 Å². The van der Waals surface area contributed by atoms with Gasteiger partial charge in [-0.15, -0.1) is 0 Å². The molecule has 8 heteroatoms. The summed E-state index contributed by atoms with van der Waals surface area (Å²) in [5.41, 5.74) is 0.757. The molecule has 0 aliphatic carbocycles. The van der Waals surface area contributed by atoms with Crippen LogP contribution in [0, 0.1) is 0 Å². The van der Waals surface area contributed by atoms with Crippen LogP contribution < -0.4 is 15.4 Å². The lowest BCUT2D eigenvalue weighted by Gasteiger charge is -2.21. The quantitative estimate of drug-likeness (QED) is 0.752. The van der Waals surface area contributed by atoms with Crippen LogP contribution in [0.5, 0.6) is 5.75 Å². The predicted octanol–water partition coefficient (Wildman–Crippen LogP) is 0.982. The van der Waals surface area contributed by atoms with Gasteiger partial charge in [-0.2, -0.15) is 0 Å². The molecular weight excluding hydrogens is 316 g/mol. The van der Waals surface area contributed by atoms with Gasteiger partial charge in [0.05, 0.1) is 37.1 Å². The second-order valence-electron chi connectivity index (χ2n) is 4.79. The van der Waals surface area contributed by atoms with Crippen LogP contribution in [-0.4, -0.2) is 44.8 Å². The van der Waals surface area contributed by atoms with E-state index in [1.807, 2.05) is 0 Å². The van der Waals surface area contributed by atoms with Crippen LogP contribution >= 0.6 is 0 Å². The zero-order valence-electron chi connectivity index (χ0n) is 13.4. The maximum Gasteiger partial charge on any atom is 0.338 e. The molecule has 2 amide bonds. The third-order valence-electron chi connectivity index (χ3n) is 3.25. The molecule has 0 radical (unpaired) electrons. The summed E-state index contributed by atoms with van der Waals surface area (Å²) in [6.07, 6.45) is 0. The van der Waals surface area contributed by atoms with Crippen molar-refractivity contribution in [2.24, 2.45) is 0 Å². The average molecular weight is 334 g/mol. The second kappa shape index (κ2) is 8.00. The van der Waals surface area contributed by atoms with E-state index in [4.69, 9.17) is 14.2 Å². The molecule has 1 aromatic carbocycles. The normalized spacial score (nSPS) is 13.7. The Balaban J connectivity index is 2.06. The van der Waals surface area contributed by atoms with Crippen LogP contribution in [-0.2, 0) is 14.3 Å². The van der Waals surface area contributed by atoms with Crippen LogP contribution in [0.2, 0.25) is 0 Å². The Morgan fingerprint density at radius 1 is 1.12 bits per heavy atom.